The normalized spacial score (nSPS) is 27.5. The molecule has 2 fully saturated rings. The summed E-state index contributed by atoms with van der Waals surface area (Å²) in [7, 11) is 0. The van der Waals surface area contributed by atoms with Crippen molar-refractivity contribution in [2.45, 2.75) is 50.7 Å². The fraction of sp³-hybridized carbons (Fsp3) is 0.500. The highest BCUT2D eigenvalue weighted by Gasteiger charge is 2.39. The third kappa shape index (κ3) is 2.69. The van der Waals surface area contributed by atoms with Crippen molar-refractivity contribution in [3.8, 4) is 0 Å². The number of aliphatic hydroxyl groups excluding tert-OH is 1. The van der Waals surface area contributed by atoms with Crippen molar-refractivity contribution in [2.24, 2.45) is 5.92 Å². The van der Waals surface area contributed by atoms with Crippen LogP contribution in [-0.2, 0) is 0 Å². The first-order valence-electron chi connectivity index (χ1n) is 9.08. The first-order chi connectivity index (χ1) is 11.8. The summed E-state index contributed by atoms with van der Waals surface area (Å²) >= 11 is 0. The van der Waals surface area contributed by atoms with E-state index in [4.69, 9.17) is 0 Å². The molecule has 0 unspecified atom stereocenters. The second kappa shape index (κ2) is 6.52. The van der Waals surface area contributed by atoms with Crippen LogP contribution in [0.4, 0.5) is 0 Å². The molecule has 4 nitrogen and oxygen atoms in total. The van der Waals surface area contributed by atoms with Gasteiger partial charge in [0.2, 0.25) is 0 Å². The van der Waals surface area contributed by atoms with Gasteiger partial charge in [-0.3, -0.25) is 9.78 Å². The van der Waals surface area contributed by atoms with Crippen LogP contribution in [0.2, 0.25) is 0 Å². The quantitative estimate of drug-likeness (QED) is 0.921. The lowest BCUT2D eigenvalue weighted by Gasteiger charge is -2.37. The first-order valence-corrected chi connectivity index (χ1v) is 9.08. The molecular weight excluding hydrogens is 300 g/mol. The predicted molar refractivity (Wildman–Crippen MR) is 93.8 cm³/mol. The first kappa shape index (κ1) is 15.6. The molecule has 0 radical (unpaired) electrons. The van der Waals surface area contributed by atoms with Crippen molar-refractivity contribution in [3.63, 3.8) is 0 Å². The van der Waals surface area contributed by atoms with Gasteiger partial charge in [-0.1, -0.05) is 37.1 Å². The number of carbonyl (C=O) groups excluding carboxylic acids is 1. The van der Waals surface area contributed by atoms with Crippen LogP contribution >= 0.6 is 0 Å². The summed E-state index contributed by atoms with van der Waals surface area (Å²) in [5.74, 6) is 0.243. The number of benzene rings is 1. The van der Waals surface area contributed by atoms with E-state index in [0.29, 0.717) is 5.69 Å². The van der Waals surface area contributed by atoms with Crippen LogP contribution in [-0.4, -0.2) is 39.6 Å². The van der Waals surface area contributed by atoms with E-state index >= 15 is 0 Å². The van der Waals surface area contributed by atoms with Crippen LogP contribution in [0.25, 0.3) is 10.8 Å². The van der Waals surface area contributed by atoms with Gasteiger partial charge in [0, 0.05) is 30.1 Å². The number of amides is 1. The lowest BCUT2D eigenvalue weighted by atomic mass is 9.80. The molecule has 1 N–H and O–H groups in total. The molecule has 1 saturated carbocycles. The number of likely N-dealkylation sites (tertiary alicyclic amines) is 1. The molecule has 24 heavy (non-hydrogen) atoms. The van der Waals surface area contributed by atoms with E-state index in [2.05, 4.69) is 4.98 Å². The molecule has 0 spiro atoms. The summed E-state index contributed by atoms with van der Waals surface area (Å²) in [6, 6.07) is 10.0. The smallest absolute Gasteiger partial charge is 0.273 e. The van der Waals surface area contributed by atoms with E-state index in [1.165, 1.54) is 0 Å². The number of aliphatic hydroxyl groups is 1. The van der Waals surface area contributed by atoms with Crippen LogP contribution in [0.3, 0.4) is 0 Å². The number of aromatic nitrogens is 1. The number of carbonyl (C=O) groups is 1. The molecule has 126 valence electrons. The van der Waals surface area contributed by atoms with Crippen molar-refractivity contribution in [3.05, 3.63) is 42.2 Å². The lowest BCUT2D eigenvalue weighted by Crippen LogP contribution is -2.45. The molecule has 1 aliphatic heterocycles. The number of hydrogen-bond acceptors (Lipinski definition) is 3. The van der Waals surface area contributed by atoms with Gasteiger partial charge in [-0.05, 0) is 37.1 Å². The van der Waals surface area contributed by atoms with Gasteiger partial charge in [0.1, 0.15) is 5.69 Å². The van der Waals surface area contributed by atoms with E-state index in [-0.39, 0.29) is 24.0 Å². The Hall–Kier alpha value is -1.94. The lowest BCUT2D eigenvalue weighted by molar-refractivity contribution is 0.0210. The molecule has 1 aliphatic carbocycles. The van der Waals surface area contributed by atoms with Gasteiger partial charge in [0.15, 0.2) is 0 Å². The van der Waals surface area contributed by atoms with Gasteiger partial charge in [0.25, 0.3) is 5.91 Å². The number of hydrogen-bond donors (Lipinski definition) is 1. The molecule has 1 saturated heterocycles. The van der Waals surface area contributed by atoms with Crippen LogP contribution in [0.1, 0.15) is 49.0 Å². The zero-order valence-electron chi connectivity index (χ0n) is 13.9. The number of pyridine rings is 1. The summed E-state index contributed by atoms with van der Waals surface area (Å²) in [4.78, 5) is 19.6. The van der Waals surface area contributed by atoms with Crippen molar-refractivity contribution < 1.29 is 9.90 Å². The Morgan fingerprint density at radius 1 is 1.08 bits per heavy atom. The highest BCUT2D eigenvalue weighted by atomic mass is 16.3. The van der Waals surface area contributed by atoms with Gasteiger partial charge in [-0.25, -0.2) is 0 Å². The molecule has 0 bridgehead atoms. The Kier molecular flexibility index (Phi) is 4.23. The highest BCUT2D eigenvalue weighted by Crippen LogP contribution is 2.35. The van der Waals surface area contributed by atoms with Crippen molar-refractivity contribution in [2.75, 3.05) is 6.54 Å². The minimum Gasteiger partial charge on any atom is -0.393 e. The number of rotatable bonds is 2. The molecule has 1 aromatic carbocycles. The Labute approximate surface area is 142 Å². The number of nitrogens with zero attached hydrogens (tertiary/aromatic N) is 2. The third-order valence-electron chi connectivity index (χ3n) is 5.71. The van der Waals surface area contributed by atoms with Gasteiger partial charge < -0.3 is 10.0 Å². The minimum atomic E-state index is -0.266. The average molecular weight is 324 g/mol. The van der Waals surface area contributed by atoms with Gasteiger partial charge in [-0.2, -0.15) is 0 Å². The van der Waals surface area contributed by atoms with E-state index in [1.54, 1.807) is 6.20 Å². The largest absolute Gasteiger partial charge is 0.393 e. The summed E-state index contributed by atoms with van der Waals surface area (Å²) in [6.07, 6.45) is 7.63. The zero-order valence-corrected chi connectivity index (χ0v) is 13.9. The van der Waals surface area contributed by atoms with Crippen LogP contribution in [0.5, 0.6) is 0 Å². The van der Waals surface area contributed by atoms with Gasteiger partial charge in [-0.15, -0.1) is 0 Å². The van der Waals surface area contributed by atoms with Crippen molar-refractivity contribution in [1.82, 2.24) is 9.88 Å². The van der Waals surface area contributed by atoms with Crippen LogP contribution in [0, 0.1) is 5.92 Å². The van der Waals surface area contributed by atoms with Gasteiger partial charge >= 0.3 is 0 Å². The SMILES string of the molecule is O=C(c1nccc2ccccc12)N1CCC[C@@H]1[C@H]1CCCC[C@H]1O. The molecule has 2 heterocycles. The van der Waals surface area contributed by atoms with E-state index in [9.17, 15) is 9.90 Å². The standard InChI is InChI=1S/C20H24N2O2/c23-18-10-4-3-8-16(18)17-9-5-13-22(17)20(24)19-15-7-2-1-6-14(15)11-12-21-19/h1-2,6-7,11-12,16-18,23H,3-5,8-10,13H2/t16-,17-,18-/m1/s1. The zero-order chi connectivity index (χ0) is 16.5. The maximum Gasteiger partial charge on any atom is 0.273 e. The maximum atomic E-state index is 13.2. The third-order valence-corrected chi connectivity index (χ3v) is 5.71. The molecule has 2 aliphatic rings. The predicted octanol–water partition coefficient (Wildman–Crippen LogP) is 3.39. The molecular formula is C20H24N2O2. The molecule has 1 aromatic heterocycles. The van der Waals surface area contributed by atoms with E-state index < -0.39 is 0 Å². The second-order valence-electron chi connectivity index (χ2n) is 7.10. The Balaban J connectivity index is 1.65. The fourth-order valence-corrected chi connectivity index (χ4v) is 4.50. The van der Waals surface area contributed by atoms with Crippen molar-refractivity contribution in [1.29, 1.82) is 0 Å². The summed E-state index contributed by atoms with van der Waals surface area (Å²) in [5.41, 5.74) is 0.547. The summed E-state index contributed by atoms with van der Waals surface area (Å²) < 4.78 is 0. The molecule has 4 rings (SSSR count). The van der Waals surface area contributed by atoms with Gasteiger partial charge in [0.05, 0.1) is 6.10 Å². The molecule has 3 atom stereocenters. The van der Waals surface area contributed by atoms with E-state index in [0.717, 1.165) is 55.8 Å². The monoisotopic (exact) mass is 324 g/mol. The maximum absolute atomic E-state index is 13.2. The second-order valence-corrected chi connectivity index (χ2v) is 7.10. The van der Waals surface area contributed by atoms with Crippen LogP contribution in [0.15, 0.2) is 36.5 Å². The molecule has 4 heteroatoms. The van der Waals surface area contributed by atoms with Crippen LogP contribution < -0.4 is 0 Å². The molecule has 1 amide bonds. The molecule has 2 aromatic rings. The van der Waals surface area contributed by atoms with E-state index in [1.807, 2.05) is 35.2 Å². The fourth-order valence-electron chi connectivity index (χ4n) is 4.50. The minimum absolute atomic E-state index is 0.0204. The average Bonchev–Trinajstić information content (AvgIpc) is 3.10. The Morgan fingerprint density at radius 3 is 2.79 bits per heavy atom. The summed E-state index contributed by atoms with van der Waals surface area (Å²) in [6.45, 7) is 0.775. The Bertz CT molecular complexity index is 740. The Morgan fingerprint density at radius 2 is 1.92 bits per heavy atom. The highest BCUT2D eigenvalue weighted by molar-refractivity contribution is 6.05. The topological polar surface area (TPSA) is 53.4 Å². The van der Waals surface area contributed by atoms with Crippen molar-refractivity contribution >= 4 is 16.7 Å². The number of fused-ring (bicyclic) bond motifs is 1. The summed E-state index contributed by atoms with van der Waals surface area (Å²) in [5, 5.41) is 12.4.